The van der Waals surface area contributed by atoms with Crippen molar-refractivity contribution in [2.45, 2.75) is 57.3 Å². The highest BCUT2D eigenvalue weighted by Crippen LogP contribution is 2.44. The van der Waals surface area contributed by atoms with Gasteiger partial charge < -0.3 is 5.32 Å². The molecule has 2 saturated carbocycles. The summed E-state index contributed by atoms with van der Waals surface area (Å²) in [6, 6.07) is 3.82. The molecule has 7 unspecified atom stereocenters. The van der Waals surface area contributed by atoms with Gasteiger partial charge in [-0.25, -0.2) is 0 Å². The predicted molar refractivity (Wildman–Crippen MR) is 96.3 cm³/mol. The van der Waals surface area contributed by atoms with E-state index in [0.717, 1.165) is 24.8 Å². The van der Waals surface area contributed by atoms with Crippen LogP contribution in [-0.2, 0) is 4.79 Å². The van der Waals surface area contributed by atoms with Gasteiger partial charge in [0, 0.05) is 23.1 Å². The predicted octanol–water partition coefficient (Wildman–Crippen LogP) is 1.68. The lowest BCUT2D eigenvalue weighted by Gasteiger charge is -2.43. The fraction of sp³-hybridized carbons (Fsp3) is 0.571. The molecule has 5 rings (SSSR count). The largest absolute Gasteiger partial charge is 0.300 e. The highest BCUT2D eigenvalue weighted by molar-refractivity contribution is 6.19. The van der Waals surface area contributed by atoms with Gasteiger partial charge in [-0.1, -0.05) is 24.6 Å². The number of hydrogen-bond acceptors (Lipinski definition) is 5. The number of nitrogens with one attached hydrogen (secondary N) is 2. The summed E-state index contributed by atoms with van der Waals surface area (Å²) >= 11 is 0. The molecule has 1 saturated heterocycles. The SMILES string of the molecule is Cc1ccc2c(c1)C(=O)C1NC3C(NC1C2=O)C(=O)C1CCC(C)CC13. The summed E-state index contributed by atoms with van der Waals surface area (Å²) in [6.45, 7) is 4.16. The number of aryl methyl sites for hydroxylation is 1. The highest BCUT2D eigenvalue weighted by atomic mass is 16.2. The quantitative estimate of drug-likeness (QED) is 0.743. The van der Waals surface area contributed by atoms with E-state index in [1.54, 1.807) is 6.07 Å². The van der Waals surface area contributed by atoms with Crippen LogP contribution in [0.25, 0.3) is 0 Å². The van der Waals surface area contributed by atoms with Crippen molar-refractivity contribution in [1.29, 1.82) is 0 Å². The van der Waals surface area contributed by atoms with Crippen molar-refractivity contribution in [3.63, 3.8) is 0 Å². The summed E-state index contributed by atoms with van der Waals surface area (Å²) in [7, 11) is 0. The number of carbonyl (C=O) groups excluding carboxylic acids is 3. The number of hydrogen-bond donors (Lipinski definition) is 2. The fourth-order valence-electron chi connectivity index (χ4n) is 5.69. The molecule has 0 amide bonds. The Bertz CT molecular complexity index is 833. The van der Waals surface area contributed by atoms with E-state index >= 15 is 0 Å². The molecule has 5 nitrogen and oxygen atoms in total. The maximum atomic E-state index is 13.1. The molecule has 0 spiro atoms. The molecule has 5 heteroatoms. The van der Waals surface area contributed by atoms with Gasteiger partial charge in [0.25, 0.3) is 0 Å². The first-order chi connectivity index (χ1) is 12.5. The molecule has 1 aromatic rings. The van der Waals surface area contributed by atoms with Crippen LogP contribution in [0.15, 0.2) is 18.2 Å². The summed E-state index contributed by atoms with van der Waals surface area (Å²) in [4.78, 5) is 39.0. The van der Waals surface area contributed by atoms with E-state index in [2.05, 4.69) is 17.6 Å². The average molecular weight is 352 g/mol. The van der Waals surface area contributed by atoms with Gasteiger partial charge in [-0.05, 0) is 44.1 Å². The van der Waals surface area contributed by atoms with Crippen molar-refractivity contribution in [1.82, 2.24) is 10.6 Å². The van der Waals surface area contributed by atoms with Crippen molar-refractivity contribution >= 4 is 17.3 Å². The highest BCUT2D eigenvalue weighted by Gasteiger charge is 2.57. The van der Waals surface area contributed by atoms with Gasteiger partial charge in [0.2, 0.25) is 0 Å². The van der Waals surface area contributed by atoms with Crippen molar-refractivity contribution in [2.24, 2.45) is 17.8 Å². The topological polar surface area (TPSA) is 75.3 Å². The number of ketones is 3. The van der Waals surface area contributed by atoms with E-state index in [-0.39, 0.29) is 41.3 Å². The Morgan fingerprint density at radius 3 is 2.46 bits per heavy atom. The maximum absolute atomic E-state index is 13.1. The zero-order valence-electron chi connectivity index (χ0n) is 15.1. The van der Waals surface area contributed by atoms with E-state index in [1.165, 1.54) is 0 Å². The molecule has 1 aromatic carbocycles. The number of piperazine rings is 1. The van der Waals surface area contributed by atoms with Crippen molar-refractivity contribution in [3.05, 3.63) is 34.9 Å². The Balaban J connectivity index is 1.52. The second-order valence-corrected chi connectivity index (χ2v) is 8.66. The van der Waals surface area contributed by atoms with Gasteiger partial charge in [0.15, 0.2) is 17.3 Å². The summed E-state index contributed by atoms with van der Waals surface area (Å²) < 4.78 is 0. The molecule has 1 heterocycles. The second kappa shape index (κ2) is 5.57. The summed E-state index contributed by atoms with van der Waals surface area (Å²) in [5.74, 6) is 1.07. The van der Waals surface area contributed by atoms with E-state index in [0.29, 0.717) is 17.0 Å². The van der Waals surface area contributed by atoms with Crippen molar-refractivity contribution in [2.75, 3.05) is 0 Å². The lowest BCUT2D eigenvalue weighted by molar-refractivity contribution is -0.124. The molecule has 7 atom stereocenters. The van der Waals surface area contributed by atoms with Crippen LogP contribution in [0.2, 0.25) is 0 Å². The zero-order valence-corrected chi connectivity index (χ0v) is 15.1. The number of fused-ring (bicyclic) bond motifs is 5. The van der Waals surface area contributed by atoms with Gasteiger partial charge in [-0.2, -0.15) is 0 Å². The summed E-state index contributed by atoms with van der Waals surface area (Å²) in [6.07, 6.45) is 3.03. The standard InChI is InChI=1S/C21H24N2O3/c1-9-3-5-11-13(7-9)15-16(19(11)24)23-17-18(22-15)21(26)14-8-10(2)4-6-12(14)20(17)25/h4,6,8-9,11,13,15-18,22-23H,3,5,7H2,1-2H3. The number of Topliss-reactive ketones (excluding diaryl/α,β-unsaturated/α-hetero) is 3. The number of carbonyl (C=O) groups is 3. The van der Waals surface area contributed by atoms with Crippen LogP contribution in [0.1, 0.15) is 52.5 Å². The summed E-state index contributed by atoms with van der Waals surface area (Å²) in [5, 5.41) is 6.75. The van der Waals surface area contributed by atoms with Gasteiger partial charge >= 0.3 is 0 Å². The molecular formula is C21H24N2O3. The van der Waals surface area contributed by atoms with Crippen LogP contribution in [-0.4, -0.2) is 41.5 Å². The van der Waals surface area contributed by atoms with E-state index < -0.39 is 12.1 Å². The third kappa shape index (κ3) is 2.13. The molecule has 26 heavy (non-hydrogen) atoms. The number of benzene rings is 1. The molecule has 4 aliphatic rings. The first kappa shape index (κ1) is 16.3. The van der Waals surface area contributed by atoms with E-state index in [4.69, 9.17) is 0 Å². The van der Waals surface area contributed by atoms with Crippen LogP contribution in [0.4, 0.5) is 0 Å². The zero-order chi connectivity index (χ0) is 18.2. The van der Waals surface area contributed by atoms with Gasteiger partial charge in [0.05, 0.1) is 18.1 Å². The minimum absolute atomic E-state index is 0.0287. The van der Waals surface area contributed by atoms with Crippen LogP contribution in [0.5, 0.6) is 0 Å². The van der Waals surface area contributed by atoms with Crippen LogP contribution >= 0.6 is 0 Å². The van der Waals surface area contributed by atoms with E-state index in [1.807, 2.05) is 19.1 Å². The van der Waals surface area contributed by atoms with Gasteiger partial charge in [-0.3, -0.25) is 19.7 Å². The minimum Gasteiger partial charge on any atom is -0.300 e. The monoisotopic (exact) mass is 352 g/mol. The normalized spacial score (nSPS) is 41.3. The Morgan fingerprint density at radius 2 is 1.65 bits per heavy atom. The van der Waals surface area contributed by atoms with Crippen molar-refractivity contribution in [3.8, 4) is 0 Å². The van der Waals surface area contributed by atoms with E-state index in [9.17, 15) is 14.4 Å². The van der Waals surface area contributed by atoms with Gasteiger partial charge in [0.1, 0.15) is 0 Å². The van der Waals surface area contributed by atoms with Gasteiger partial charge in [-0.15, -0.1) is 0 Å². The van der Waals surface area contributed by atoms with Crippen LogP contribution in [0, 0.1) is 24.7 Å². The molecular weight excluding hydrogens is 328 g/mol. The third-order valence-corrected chi connectivity index (χ3v) is 6.99. The molecule has 3 fully saturated rings. The lowest BCUT2D eigenvalue weighted by Crippen LogP contribution is -2.72. The second-order valence-electron chi connectivity index (χ2n) is 8.66. The molecule has 2 N–H and O–H groups in total. The Hall–Kier alpha value is -1.85. The smallest absolute Gasteiger partial charge is 0.182 e. The molecule has 0 radical (unpaired) electrons. The lowest BCUT2D eigenvalue weighted by atomic mass is 9.74. The molecule has 3 aliphatic carbocycles. The fourth-order valence-corrected chi connectivity index (χ4v) is 5.69. The summed E-state index contributed by atoms with van der Waals surface area (Å²) in [5.41, 5.74) is 1.97. The maximum Gasteiger partial charge on any atom is 0.182 e. The number of rotatable bonds is 0. The molecule has 0 aromatic heterocycles. The van der Waals surface area contributed by atoms with Crippen LogP contribution < -0.4 is 10.6 Å². The Kier molecular flexibility index (Phi) is 3.50. The third-order valence-electron chi connectivity index (χ3n) is 6.99. The average Bonchev–Trinajstić information content (AvgIpc) is 2.90. The molecule has 1 aliphatic heterocycles. The first-order valence-corrected chi connectivity index (χ1v) is 9.70. The Labute approximate surface area is 152 Å². The molecule has 0 bridgehead atoms. The molecule has 136 valence electrons. The first-order valence-electron chi connectivity index (χ1n) is 9.70. The Morgan fingerprint density at radius 1 is 0.923 bits per heavy atom. The van der Waals surface area contributed by atoms with Crippen LogP contribution in [0.3, 0.4) is 0 Å². The minimum atomic E-state index is -0.638. The van der Waals surface area contributed by atoms with Crippen molar-refractivity contribution < 1.29 is 14.4 Å².